The average Bonchev–Trinajstić information content (AvgIpc) is 3.88. The number of benzene rings is 11. The first-order chi connectivity index (χ1) is 29.8. The second-order valence-electron chi connectivity index (χ2n) is 17.0. The molecule has 11 aromatic carbocycles. The minimum absolute atomic E-state index is 0.0767. The smallest absolute Gasteiger partial charge is 0.248 e. The summed E-state index contributed by atoms with van der Waals surface area (Å²) in [5, 5.41) is 18.6. The van der Waals surface area contributed by atoms with E-state index in [-0.39, 0.29) is 13.4 Å². The van der Waals surface area contributed by atoms with Gasteiger partial charge in [0.05, 0.1) is 5.00 Å². The Balaban J connectivity index is 1.20. The largest absolute Gasteiger partial charge is 0.304 e. The zero-order chi connectivity index (χ0) is 38.8. The van der Waals surface area contributed by atoms with Crippen LogP contribution in [0.4, 0.5) is 16.4 Å². The number of nitrogens with zero attached hydrogens (tertiary/aromatic N) is 1. The average molecular weight is 772 g/mol. The molecule has 3 aliphatic heterocycles. The first-order valence-electron chi connectivity index (χ1n) is 21.1. The van der Waals surface area contributed by atoms with Crippen LogP contribution in [-0.4, -0.2) is 13.4 Å². The lowest BCUT2D eigenvalue weighted by atomic mass is 9.31. The molecule has 1 nitrogen and oxygen atoms in total. The van der Waals surface area contributed by atoms with Gasteiger partial charge in [0.25, 0.3) is 0 Å². The monoisotopic (exact) mass is 771 g/mol. The minimum Gasteiger partial charge on any atom is -0.304 e. The van der Waals surface area contributed by atoms with Crippen LogP contribution >= 0.6 is 11.3 Å². The second kappa shape index (κ2) is 11.3. The topological polar surface area (TPSA) is 3.24 Å². The lowest BCUT2D eigenvalue weighted by Gasteiger charge is -2.42. The van der Waals surface area contributed by atoms with E-state index in [1.165, 1.54) is 135 Å². The predicted octanol–water partition coefficient (Wildman–Crippen LogP) is 10.9. The molecule has 0 fully saturated rings. The van der Waals surface area contributed by atoms with Gasteiger partial charge in [0, 0.05) is 16.1 Å². The van der Waals surface area contributed by atoms with E-state index in [1.807, 2.05) is 11.3 Å². The Hall–Kier alpha value is -7.13. The molecular weight excluding hydrogens is 740 g/mol. The number of rotatable bonds is 1. The fraction of sp³-hybridized carbons (Fsp3) is 0. The minimum atomic E-state index is 0.0767. The molecular formula is C56H31B2NS. The number of fused-ring (bicyclic) bond motifs is 23. The van der Waals surface area contributed by atoms with Gasteiger partial charge in [0.1, 0.15) is 0 Å². The van der Waals surface area contributed by atoms with E-state index in [4.69, 9.17) is 0 Å². The lowest BCUT2D eigenvalue weighted by Crippen LogP contribution is -2.63. The normalized spacial score (nSPS) is 13.6. The Morgan fingerprint density at radius 3 is 1.50 bits per heavy atom. The van der Waals surface area contributed by atoms with Crippen molar-refractivity contribution >= 4 is 149 Å². The van der Waals surface area contributed by atoms with E-state index in [2.05, 4.69) is 193 Å². The fourth-order valence-electron chi connectivity index (χ4n) is 12.1. The Kier molecular flexibility index (Phi) is 6.00. The SMILES string of the molecule is c1ccc(B2c3cccc4c3N(c3cc5c6ccccc6c6ccccc6c5c5c3B4c3ccc4c6ccccc6c6ccccc6c4c3-5)c3sc4ccccc4c32)cc1. The quantitative estimate of drug-likeness (QED) is 0.119. The first-order valence-corrected chi connectivity index (χ1v) is 21.9. The maximum Gasteiger partial charge on any atom is 0.248 e. The molecule has 0 saturated carbocycles. The molecule has 0 N–H and O–H groups in total. The van der Waals surface area contributed by atoms with Crippen molar-refractivity contribution in [2.24, 2.45) is 0 Å². The Morgan fingerprint density at radius 1 is 0.350 bits per heavy atom. The summed E-state index contributed by atoms with van der Waals surface area (Å²) in [4.78, 5) is 2.71. The summed E-state index contributed by atoms with van der Waals surface area (Å²) in [6.07, 6.45) is 0. The van der Waals surface area contributed by atoms with Gasteiger partial charge in [-0.3, -0.25) is 0 Å². The van der Waals surface area contributed by atoms with Crippen molar-refractivity contribution in [3.8, 4) is 11.1 Å². The van der Waals surface area contributed by atoms with Crippen molar-refractivity contribution in [3.63, 3.8) is 0 Å². The van der Waals surface area contributed by atoms with Gasteiger partial charge in [-0.2, -0.15) is 0 Å². The van der Waals surface area contributed by atoms with Crippen LogP contribution in [0, 0.1) is 0 Å². The van der Waals surface area contributed by atoms with Crippen LogP contribution in [0.5, 0.6) is 0 Å². The van der Waals surface area contributed by atoms with Gasteiger partial charge in [-0.05, 0) is 115 Å². The van der Waals surface area contributed by atoms with Crippen molar-refractivity contribution in [2.75, 3.05) is 4.90 Å². The summed E-state index contributed by atoms with van der Waals surface area (Å²) in [6.45, 7) is 0.190. The maximum absolute atomic E-state index is 2.71. The highest BCUT2D eigenvalue weighted by molar-refractivity contribution is 7.26. The van der Waals surface area contributed by atoms with E-state index in [1.54, 1.807) is 0 Å². The van der Waals surface area contributed by atoms with Crippen LogP contribution in [0.1, 0.15) is 0 Å². The summed E-state index contributed by atoms with van der Waals surface area (Å²) in [6, 6.07) is 71.5. The van der Waals surface area contributed by atoms with Gasteiger partial charge in [-0.1, -0.05) is 187 Å². The molecule has 0 amide bonds. The molecule has 12 aromatic rings. The van der Waals surface area contributed by atoms with Crippen LogP contribution in [0.15, 0.2) is 188 Å². The molecule has 0 atom stereocenters. The fourth-order valence-corrected chi connectivity index (χ4v) is 13.3. The third-order valence-corrected chi connectivity index (χ3v) is 15.4. The van der Waals surface area contributed by atoms with E-state index in [0.29, 0.717) is 0 Å². The van der Waals surface area contributed by atoms with E-state index in [0.717, 1.165) is 0 Å². The molecule has 0 radical (unpaired) electrons. The zero-order valence-corrected chi connectivity index (χ0v) is 33.2. The number of hydrogen-bond acceptors (Lipinski definition) is 2. The molecule has 0 aliphatic carbocycles. The number of hydrogen-bond donors (Lipinski definition) is 0. The molecule has 15 rings (SSSR count). The highest BCUT2D eigenvalue weighted by Gasteiger charge is 2.49. The Bertz CT molecular complexity index is 3890. The third-order valence-electron chi connectivity index (χ3n) is 14.3. The van der Waals surface area contributed by atoms with Crippen LogP contribution < -0.4 is 37.7 Å². The molecule has 4 heterocycles. The molecule has 4 heteroatoms. The van der Waals surface area contributed by atoms with Crippen molar-refractivity contribution in [1.29, 1.82) is 0 Å². The van der Waals surface area contributed by atoms with Crippen LogP contribution in [0.25, 0.3) is 85.8 Å². The zero-order valence-electron chi connectivity index (χ0n) is 32.4. The second-order valence-corrected chi connectivity index (χ2v) is 18.0. The van der Waals surface area contributed by atoms with Crippen molar-refractivity contribution < 1.29 is 0 Å². The number of thiophene rings is 1. The lowest BCUT2D eigenvalue weighted by molar-refractivity contribution is 1.35. The molecule has 1 aromatic heterocycles. The molecule has 0 saturated heterocycles. The molecule has 0 spiro atoms. The predicted molar refractivity (Wildman–Crippen MR) is 263 cm³/mol. The maximum atomic E-state index is 2.71. The number of anilines is 3. The van der Waals surface area contributed by atoms with Crippen molar-refractivity contribution in [2.45, 2.75) is 0 Å². The standard InChI is InChI=1S/C56H31B2NS/c1-2-15-32(16-3-1)57-45-26-14-27-46-55(45)59(56-53(57)42-25-12-13-28-48(42)60-56)47-31-43-38-22-7-5-18-34(38)36-20-9-11-24-40(36)50(43)52-51-44(58(46)54(47)52)30-29-41-37-21-6-4-17-33(37)35-19-8-10-23-39(35)49(41)51/h1-31H. The molecule has 0 unspecified atom stereocenters. The van der Waals surface area contributed by atoms with Crippen molar-refractivity contribution in [1.82, 2.24) is 0 Å². The first kappa shape index (κ1) is 31.8. The summed E-state index contributed by atoms with van der Waals surface area (Å²) in [7, 11) is 0. The highest BCUT2D eigenvalue weighted by Crippen LogP contribution is 2.52. The van der Waals surface area contributed by atoms with Crippen LogP contribution in [0.3, 0.4) is 0 Å². The van der Waals surface area contributed by atoms with Crippen molar-refractivity contribution in [3.05, 3.63) is 188 Å². The highest BCUT2D eigenvalue weighted by atomic mass is 32.1. The van der Waals surface area contributed by atoms with Crippen LogP contribution in [0.2, 0.25) is 0 Å². The molecule has 272 valence electrons. The van der Waals surface area contributed by atoms with Gasteiger partial charge in [0.2, 0.25) is 13.4 Å². The molecule has 3 aliphatic rings. The summed E-state index contributed by atoms with van der Waals surface area (Å²) in [5.41, 5.74) is 13.9. The van der Waals surface area contributed by atoms with E-state index >= 15 is 0 Å². The van der Waals surface area contributed by atoms with Crippen LogP contribution in [-0.2, 0) is 0 Å². The van der Waals surface area contributed by atoms with Gasteiger partial charge >= 0.3 is 0 Å². The van der Waals surface area contributed by atoms with Gasteiger partial charge in [-0.25, -0.2) is 0 Å². The van der Waals surface area contributed by atoms with Gasteiger partial charge in [-0.15, -0.1) is 11.3 Å². The van der Waals surface area contributed by atoms with Gasteiger partial charge < -0.3 is 4.90 Å². The molecule has 0 bridgehead atoms. The summed E-state index contributed by atoms with van der Waals surface area (Å²) < 4.78 is 1.33. The van der Waals surface area contributed by atoms with E-state index < -0.39 is 0 Å². The van der Waals surface area contributed by atoms with E-state index in [9.17, 15) is 0 Å². The summed E-state index contributed by atoms with van der Waals surface area (Å²) in [5.74, 6) is 0. The Labute approximate surface area is 350 Å². The van der Waals surface area contributed by atoms with Gasteiger partial charge in [0.15, 0.2) is 0 Å². The molecule has 60 heavy (non-hydrogen) atoms. The number of para-hydroxylation sites is 1. The summed E-state index contributed by atoms with van der Waals surface area (Å²) >= 11 is 1.96. The third kappa shape index (κ3) is 3.78. The Morgan fingerprint density at radius 2 is 0.850 bits per heavy atom.